The Kier molecular flexibility index (Phi) is 3.80. The summed E-state index contributed by atoms with van der Waals surface area (Å²) in [5.74, 6) is -0.0137. The molecule has 0 fully saturated rings. The highest BCUT2D eigenvalue weighted by Crippen LogP contribution is 2.31. The number of phenolic OH excluding ortho intramolecular Hbond substituents is 1. The summed E-state index contributed by atoms with van der Waals surface area (Å²) in [6, 6.07) is 4.86. The van der Waals surface area contributed by atoms with Gasteiger partial charge in [-0.1, -0.05) is 6.07 Å². The zero-order chi connectivity index (χ0) is 12.3. The van der Waals surface area contributed by atoms with Crippen molar-refractivity contribution in [2.24, 2.45) is 0 Å². The Balaban J connectivity index is 2.78. The minimum absolute atomic E-state index is 0.0137. The number of para-hydroxylation sites is 1. The summed E-state index contributed by atoms with van der Waals surface area (Å²) in [5.41, 5.74) is -0.266. The molecule has 0 aliphatic rings. The fourth-order valence-corrected chi connectivity index (χ4v) is 1.50. The predicted molar refractivity (Wildman–Crippen MR) is 65.7 cm³/mol. The van der Waals surface area contributed by atoms with E-state index in [1.807, 2.05) is 0 Å². The fourth-order valence-electron chi connectivity index (χ4n) is 1.04. The predicted octanol–water partition coefficient (Wildman–Crippen LogP) is 3.50. The highest BCUT2D eigenvalue weighted by Gasteiger charge is 2.18. The number of amides is 1. The SMILES string of the molecule is CC(C)(C)OC(=O)Nc1c(O)cccc1Br. The first-order valence-electron chi connectivity index (χ1n) is 4.77. The number of hydrogen-bond acceptors (Lipinski definition) is 3. The van der Waals surface area contributed by atoms with Crippen molar-refractivity contribution in [1.29, 1.82) is 0 Å². The normalized spacial score (nSPS) is 11.0. The summed E-state index contributed by atoms with van der Waals surface area (Å²) in [6.45, 7) is 5.31. The molecule has 0 atom stereocenters. The van der Waals surface area contributed by atoms with E-state index >= 15 is 0 Å². The number of aromatic hydroxyl groups is 1. The molecule has 0 heterocycles. The summed E-state index contributed by atoms with van der Waals surface area (Å²) in [4.78, 5) is 11.5. The van der Waals surface area contributed by atoms with E-state index in [0.717, 1.165) is 0 Å². The molecule has 2 N–H and O–H groups in total. The molecule has 0 spiro atoms. The summed E-state index contributed by atoms with van der Waals surface area (Å²) < 4.78 is 5.67. The van der Waals surface area contributed by atoms with E-state index in [2.05, 4.69) is 21.2 Å². The number of ether oxygens (including phenoxy) is 1. The molecule has 0 unspecified atom stereocenters. The average Bonchev–Trinajstić information content (AvgIpc) is 2.08. The minimum Gasteiger partial charge on any atom is -0.506 e. The molecular formula is C11H14BrNO3. The quantitative estimate of drug-likeness (QED) is 0.777. The van der Waals surface area contributed by atoms with Crippen molar-refractivity contribution >= 4 is 27.7 Å². The molecule has 0 aliphatic carbocycles. The van der Waals surface area contributed by atoms with Crippen LogP contribution in [0, 0.1) is 0 Å². The molecule has 0 aromatic heterocycles. The Morgan fingerprint density at radius 1 is 1.44 bits per heavy atom. The fraction of sp³-hybridized carbons (Fsp3) is 0.364. The lowest BCUT2D eigenvalue weighted by Gasteiger charge is -2.20. The number of rotatable bonds is 1. The van der Waals surface area contributed by atoms with Gasteiger partial charge in [-0.05, 0) is 48.8 Å². The van der Waals surface area contributed by atoms with Crippen molar-refractivity contribution in [3.63, 3.8) is 0 Å². The van der Waals surface area contributed by atoms with Gasteiger partial charge in [0.15, 0.2) is 0 Å². The Hall–Kier alpha value is -1.23. The summed E-state index contributed by atoms with van der Waals surface area (Å²) >= 11 is 3.22. The molecule has 1 aromatic carbocycles. The molecule has 4 nitrogen and oxygen atoms in total. The Bertz CT molecular complexity index is 378. The third-order valence-electron chi connectivity index (χ3n) is 1.62. The van der Waals surface area contributed by atoms with Crippen LogP contribution in [0.2, 0.25) is 0 Å². The summed E-state index contributed by atoms with van der Waals surface area (Å²) in [6.07, 6.45) is -0.602. The zero-order valence-electron chi connectivity index (χ0n) is 9.37. The topological polar surface area (TPSA) is 58.6 Å². The van der Waals surface area contributed by atoms with Gasteiger partial charge < -0.3 is 9.84 Å². The van der Waals surface area contributed by atoms with Crippen LogP contribution in [0.5, 0.6) is 5.75 Å². The maximum absolute atomic E-state index is 11.5. The molecule has 0 aliphatic heterocycles. The van der Waals surface area contributed by atoms with Gasteiger partial charge in [-0.25, -0.2) is 4.79 Å². The van der Waals surface area contributed by atoms with E-state index < -0.39 is 11.7 Å². The summed E-state index contributed by atoms with van der Waals surface area (Å²) in [5, 5.41) is 12.0. The van der Waals surface area contributed by atoms with Crippen molar-refractivity contribution in [2.75, 3.05) is 5.32 Å². The lowest BCUT2D eigenvalue weighted by atomic mass is 10.2. The number of phenols is 1. The van der Waals surface area contributed by atoms with Crippen LogP contribution in [0.4, 0.5) is 10.5 Å². The molecule has 1 rings (SSSR count). The third kappa shape index (κ3) is 3.73. The molecule has 5 heteroatoms. The number of nitrogens with one attached hydrogen (secondary N) is 1. The van der Waals surface area contributed by atoms with Crippen molar-refractivity contribution in [3.05, 3.63) is 22.7 Å². The first-order valence-corrected chi connectivity index (χ1v) is 5.56. The van der Waals surface area contributed by atoms with Crippen LogP contribution in [0.15, 0.2) is 22.7 Å². The van der Waals surface area contributed by atoms with Crippen LogP contribution < -0.4 is 5.32 Å². The van der Waals surface area contributed by atoms with Crippen LogP contribution in [0.25, 0.3) is 0 Å². The van der Waals surface area contributed by atoms with Gasteiger partial charge in [0.1, 0.15) is 17.0 Å². The second kappa shape index (κ2) is 4.74. The monoisotopic (exact) mass is 287 g/mol. The van der Waals surface area contributed by atoms with Crippen LogP contribution in [-0.2, 0) is 4.74 Å². The van der Waals surface area contributed by atoms with E-state index in [1.165, 1.54) is 6.07 Å². The van der Waals surface area contributed by atoms with Crippen LogP contribution in [-0.4, -0.2) is 16.8 Å². The smallest absolute Gasteiger partial charge is 0.412 e. The number of hydrogen-bond donors (Lipinski definition) is 2. The van der Waals surface area contributed by atoms with Gasteiger partial charge >= 0.3 is 6.09 Å². The molecular weight excluding hydrogens is 274 g/mol. The van der Waals surface area contributed by atoms with E-state index in [4.69, 9.17) is 4.74 Å². The molecule has 16 heavy (non-hydrogen) atoms. The number of anilines is 1. The van der Waals surface area contributed by atoms with Crippen molar-refractivity contribution in [3.8, 4) is 5.75 Å². The highest BCUT2D eigenvalue weighted by molar-refractivity contribution is 9.10. The molecule has 88 valence electrons. The first-order chi connectivity index (χ1) is 7.29. The first kappa shape index (κ1) is 12.8. The van der Waals surface area contributed by atoms with Gasteiger partial charge in [-0.2, -0.15) is 0 Å². The highest BCUT2D eigenvalue weighted by atomic mass is 79.9. The van der Waals surface area contributed by atoms with Gasteiger partial charge in [-0.15, -0.1) is 0 Å². The van der Waals surface area contributed by atoms with E-state index in [1.54, 1.807) is 32.9 Å². The zero-order valence-corrected chi connectivity index (χ0v) is 11.0. The van der Waals surface area contributed by atoms with Crippen molar-refractivity contribution in [1.82, 2.24) is 0 Å². The Morgan fingerprint density at radius 3 is 2.56 bits per heavy atom. The lowest BCUT2D eigenvalue weighted by molar-refractivity contribution is 0.0635. The standard InChI is InChI=1S/C11H14BrNO3/c1-11(2,3)16-10(15)13-9-7(12)5-4-6-8(9)14/h4-6,14H,1-3H3,(H,13,15). The maximum Gasteiger partial charge on any atom is 0.412 e. The van der Waals surface area contributed by atoms with E-state index in [-0.39, 0.29) is 5.75 Å². The van der Waals surface area contributed by atoms with Crippen LogP contribution in [0.3, 0.4) is 0 Å². The number of carbonyl (C=O) groups is 1. The molecule has 0 bridgehead atoms. The number of carbonyl (C=O) groups excluding carboxylic acids is 1. The van der Waals surface area contributed by atoms with Gasteiger partial charge in [0, 0.05) is 4.47 Å². The van der Waals surface area contributed by atoms with E-state index in [0.29, 0.717) is 10.2 Å². The number of benzene rings is 1. The minimum atomic E-state index is -0.602. The Morgan fingerprint density at radius 2 is 2.06 bits per heavy atom. The van der Waals surface area contributed by atoms with Gasteiger partial charge in [-0.3, -0.25) is 5.32 Å². The second-order valence-electron chi connectivity index (χ2n) is 4.26. The number of halogens is 1. The van der Waals surface area contributed by atoms with Crippen molar-refractivity contribution < 1.29 is 14.6 Å². The molecule has 1 amide bonds. The third-order valence-corrected chi connectivity index (χ3v) is 2.28. The summed E-state index contributed by atoms with van der Waals surface area (Å²) in [7, 11) is 0. The Labute approximate surface area is 103 Å². The molecule has 1 aromatic rings. The molecule has 0 saturated heterocycles. The van der Waals surface area contributed by atoms with Gasteiger partial charge in [0.25, 0.3) is 0 Å². The lowest BCUT2D eigenvalue weighted by Crippen LogP contribution is -2.27. The second-order valence-corrected chi connectivity index (χ2v) is 5.12. The largest absolute Gasteiger partial charge is 0.506 e. The van der Waals surface area contributed by atoms with Gasteiger partial charge in [0.2, 0.25) is 0 Å². The maximum atomic E-state index is 11.5. The van der Waals surface area contributed by atoms with Crippen molar-refractivity contribution in [2.45, 2.75) is 26.4 Å². The van der Waals surface area contributed by atoms with E-state index in [9.17, 15) is 9.90 Å². The molecule has 0 radical (unpaired) electrons. The average molecular weight is 288 g/mol. The van der Waals surface area contributed by atoms with Crippen LogP contribution >= 0.6 is 15.9 Å². The van der Waals surface area contributed by atoms with Crippen LogP contribution in [0.1, 0.15) is 20.8 Å². The van der Waals surface area contributed by atoms with Gasteiger partial charge in [0.05, 0.1) is 0 Å². The molecule has 0 saturated carbocycles.